The van der Waals surface area contributed by atoms with E-state index in [1.165, 1.54) is 32.5 Å². The summed E-state index contributed by atoms with van der Waals surface area (Å²) in [6, 6.07) is 0.434. The standard InChI is InChI=1S/C9H11BrN2O4S/c1-6(9(13)16-2)12-17(14,15)8-3-7(10)4-11-5-8/h3-6,12H,1-2H3/t6-/m0/s1. The molecule has 0 amide bonds. The lowest BCUT2D eigenvalue weighted by molar-refractivity contribution is -0.142. The fraction of sp³-hybridized carbons (Fsp3) is 0.333. The summed E-state index contributed by atoms with van der Waals surface area (Å²) in [7, 11) is -2.59. The van der Waals surface area contributed by atoms with Gasteiger partial charge in [0.1, 0.15) is 10.9 Å². The lowest BCUT2D eigenvalue weighted by Crippen LogP contribution is -2.39. The number of esters is 1. The quantitative estimate of drug-likeness (QED) is 0.824. The Morgan fingerprint density at radius 1 is 1.53 bits per heavy atom. The molecular weight excluding hydrogens is 312 g/mol. The predicted octanol–water partition coefficient (Wildman–Crippen LogP) is 0.684. The number of ether oxygens (including phenoxy) is 1. The molecule has 1 N–H and O–H groups in total. The van der Waals surface area contributed by atoms with Gasteiger partial charge in [0.15, 0.2) is 0 Å². The average Bonchev–Trinajstić information content (AvgIpc) is 2.27. The van der Waals surface area contributed by atoms with Gasteiger partial charge in [-0.2, -0.15) is 4.72 Å². The summed E-state index contributed by atoms with van der Waals surface area (Å²) in [6.45, 7) is 1.40. The van der Waals surface area contributed by atoms with E-state index in [1.807, 2.05) is 0 Å². The molecule has 1 atom stereocenters. The number of aromatic nitrogens is 1. The maximum Gasteiger partial charge on any atom is 0.323 e. The fourth-order valence-corrected chi connectivity index (χ4v) is 2.76. The molecule has 1 aromatic rings. The minimum atomic E-state index is -3.78. The first-order chi connectivity index (χ1) is 7.86. The number of hydrogen-bond acceptors (Lipinski definition) is 5. The van der Waals surface area contributed by atoms with Gasteiger partial charge in [-0.15, -0.1) is 0 Å². The van der Waals surface area contributed by atoms with E-state index >= 15 is 0 Å². The first-order valence-corrected chi connectivity index (χ1v) is 6.85. The molecule has 1 rings (SSSR count). The van der Waals surface area contributed by atoms with E-state index in [2.05, 4.69) is 30.4 Å². The topological polar surface area (TPSA) is 85.4 Å². The summed E-state index contributed by atoms with van der Waals surface area (Å²) in [5.74, 6) is -0.656. The normalized spacial score (nSPS) is 13.1. The Balaban J connectivity index is 2.93. The number of rotatable bonds is 4. The summed E-state index contributed by atoms with van der Waals surface area (Å²) in [5.41, 5.74) is 0. The molecule has 1 aromatic heterocycles. The Kier molecular flexibility index (Phi) is 4.61. The molecule has 0 aliphatic carbocycles. The molecule has 0 spiro atoms. The molecule has 0 bridgehead atoms. The van der Waals surface area contributed by atoms with Crippen LogP contribution in [0.2, 0.25) is 0 Å². The molecule has 94 valence electrons. The van der Waals surface area contributed by atoms with Crippen molar-refractivity contribution in [1.29, 1.82) is 0 Å². The smallest absolute Gasteiger partial charge is 0.323 e. The maximum atomic E-state index is 11.8. The SMILES string of the molecule is COC(=O)[C@H](C)NS(=O)(=O)c1cncc(Br)c1. The zero-order valence-corrected chi connectivity index (χ0v) is 11.6. The molecule has 1 heterocycles. The van der Waals surface area contributed by atoms with E-state index in [0.29, 0.717) is 4.47 Å². The molecule has 0 saturated carbocycles. The van der Waals surface area contributed by atoms with Crippen molar-refractivity contribution in [3.8, 4) is 0 Å². The Labute approximate surface area is 108 Å². The zero-order chi connectivity index (χ0) is 13.1. The van der Waals surface area contributed by atoms with Gasteiger partial charge in [-0.25, -0.2) is 8.42 Å². The van der Waals surface area contributed by atoms with Gasteiger partial charge >= 0.3 is 5.97 Å². The third kappa shape index (κ3) is 3.76. The van der Waals surface area contributed by atoms with Gasteiger partial charge in [0.2, 0.25) is 10.0 Å². The highest BCUT2D eigenvalue weighted by Gasteiger charge is 2.22. The largest absolute Gasteiger partial charge is 0.468 e. The van der Waals surface area contributed by atoms with Crippen LogP contribution in [0.15, 0.2) is 27.8 Å². The van der Waals surface area contributed by atoms with Gasteiger partial charge in [0.05, 0.1) is 7.11 Å². The van der Waals surface area contributed by atoms with Crippen LogP contribution in [0, 0.1) is 0 Å². The number of sulfonamides is 1. The Bertz CT molecular complexity index is 517. The van der Waals surface area contributed by atoms with Crippen LogP contribution in [0.3, 0.4) is 0 Å². The van der Waals surface area contributed by atoms with Crippen molar-refractivity contribution in [3.63, 3.8) is 0 Å². The number of hydrogen-bond donors (Lipinski definition) is 1. The molecule has 0 radical (unpaired) electrons. The van der Waals surface area contributed by atoms with Crippen LogP contribution in [0.25, 0.3) is 0 Å². The molecule has 0 fully saturated rings. The van der Waals surface area contributed by atoms with Crippen molar-refractivity contribution >= 4 is 31.9 Å². The van der Waals surface area contributed by atoms with Gasteiger partial charge < -0.3 is 4.74 Å². The number of pyridine rings is 1. The second-order valence-electron chi connectivity index (χ2n) is 3.20. The second-order valence-corrected chi connectivity index (χ2v) is 5.83. The molecule has 17 heavy (non-hydrogen) atoms. The van der Waals surface area contributed by atoms with Crippen LogP contribution in [-0.2, 0) is 19.6 Å². The molecule has 0 aliphatic heterocycles. The first-order valence-electron chi connectivity index (χ1n) is 4.57. The van der Waals surface area contributed by atoms with Gasteiger partial charge in [-0.3, -0.25) is 9.78 Å². The summed E-state index contributed by atoms with van der Waals surface area (Å²) in [4.78, 5) is 14.8. The van der Waals surface area contributed by atoms with E-state index in [4.69, 9.17) is 0 Å². The minimum absolute atomic E-state index is 0.0253. The molecule has 0 aromatic carbocycles. The van der Waals surface area contributed by atoms with Crippen LogP contribution in [0.4, 0.5) is 0 Å². The molecule has 0 unspecified atom stereocenters. The third-order valence-electron chi connectivity index (χ3n) is 1.88. The zero-order valence-electron chi connectivity index (χ0n) is 9.18. The van der Waals surface area contributed by atoms with Gasteiger partial charge in [0.25, 0.3) is 0 Å². The van der Waals surface area contributed by atoms with Crippen molar-refractivity contribution in [2.75, 3.05) is 7.11 Å². The number of methoxy groups -OCH3 is 1. The highest BCUT2D eigenvalue weighted by Crippen LogP contribution is 2.14. The van der Waals surface area contributed by atoms with Crippen molar-refractivity contribution < 1.29 is 17.9 Å². The van der Waals surface area contributed by atoms with E-state index in [-0.39, 0.29) is 4.90 Å². The van der Waals surface area contributed by atoms with E-state index in [9.17, 15) is 13.2 Å². The summed E-state index contributed by atoms with van der Waals surface area (Å²) >= 11 is 3.12. The first kappa shape index (κ1) is 14.1. The second kappa shape index (κ2) is 5.56. The average molecular weight is 323 g/mol. The molecular formula is C9H11BrN2O4S. The highest BCUT2D eigenvalue weighted by atomic mass is 79.9. The molecule has 0 saturated heterocycles. The lowest BCUT2D eigenvalue weighted by Gasteiger charge is -2.11. The number of nitrogens with one attached hydrogen (secondary N) is 1. The number of carbonyl (C=O) groups is 1. The number of halogens is 1. The van der Waals surface area contributed by atoms with E-state index in [1.54, 1.807) is 0 Å². The Morgan fingerprint density at radius 2 is 2.18 bits per heavy atom. The van der Waals surface area contributed by atoms with Crippen LogP contribution in [0.1, 0.15) is 6.92 Å². The van der Waals surface area contributed by atoms with Crippen molar-refractivity contribution in [2.24, 2.45) is 0 Å². The highest BCUT2D eigenvalue weighted by molar-refractivity contribution is 9.10. The fourth-order valence-electron chi connectivity index (χ4n) is 1.06. The number of carbonyl (C=O) groups excluding carboxylic acids is 1. The van der Waals surface area contributed by atoms with Crippen LogP contribution in [-0.4, -0.2) is 32.5 Å². The van der Waals surface area contributed by atoms with E-state index < -0.39 is 22.0 Å². The van der Waals surface area contributed by atoms with Crippen molar-refractivity contribution in [1.82, 2.24) is 9.71 Å². The lowest BCUT2D eigenvalue weighted by atomic mass is 10.4. The summed E-state index contributed by atoms with van der Waals surface area (Å²) in [5, 5.41) is 0. The monoisotopic (exact) mass is 322 g/mol. The summed E-state index contributed by atoms with van der Waals surface area (Å²) < 4.78 is 30.8. The molecule has 6 nitrogen and oxygen atoms in total. The maximum absolute atomic E-state index is 11.8. The van der Waals surface area contributed by atoms with Gasteiger partial charge in [-0.05, 0) is 28.9 Å². The Morgan fingerprint density at radius 3 is 2.71 bits per heavy atom. The van der Waals surface area contributed by atoms with Crippen molar-refractivity contribution in [2.45, 2.75) is 17.9 Å². The van der Waals surface area contributed by atoms with Crippen LogP contribution < -0.4 is 4.72 Å². The third-order valence-corrected chi connectivity index (χ3v) is 3.82. The predicted molar refractivity (Wildman–Crippen MR) is 63.7 cm³/mol. The van der Waals surface area contributed by atoms with Crippen molar-refractivity contribution in [3.05, 3.63) is 22.9 Å². The van der Waals surface area contributed by atoms with Gasteiger partial charge in [-0.1, -0.05) is 0 Å². The molecule has 8 heteroatoms. The summed E-state index contributed by atoms with van der Waals surface area (Å²) in [6.07, 6.45) is 2.65. The minimum Gasteiger partial charge on any atom is -0.468 e. The number of nitrogens with zero attached hydrogens (tertiary/aromatic N) is 1. The Hall–Kier alpha value is -0.990. The van der Waals surface area contributed by atoms with Gasteiger partial charge in [0, 0.05) is 16.9 Å². The van der Waals surface area contributed by atoms with Crippen LogP contribution in [0.5, 0.6) is 0 Å². The van der Waals surface area contributed by atoms with Crippen LogP contribution >= 0.6 is 15.9 Å². The van der Waals surface area contributed by atoms with E-state index in [0.717, 1.165) is 0 Å². The molecule has 0 aliphatic rings.